The van der Waals surface area contributed by atoms with Gasteiger partial charge in [0.25, 0.3) is 0 Å². The second kappa shape index (κ2) is 6.92. The molecule has 0 aromatic carbocycles. The molecule has 0 bridgehead atoms. The van der Waals surface area contributed by atoms with E-state index in [9.17, 15) is 0 Å². The van der Waals surface area contributed by atoms with Crippen LogP contribution in [-0.2, 0) is 11.2 Å². The number of aromatic nitrogens is 1. The van der Waals surface area contributed by atoms with Crippen molar-refractivity contribution in [3.63, 3.8) is 0 Å². The standard InChI is InChI=1S/C13H19ClN2O2/c1-17-13-5-4-11(14)12(15-13)3-2-6-16-7-9-18-10-8-16/h4-5H,2-3,6-10H2,1H3. The fourth-order valence-electron chi connectivity index (χ4n) is 2.05. The number of hydrogen-bond donors (Lipinski definition) is 0. The number of nitrogens with zero attached hydrogens (tertiary/aromatic N) is 2. The predicted molar refractivity (Wildman–Crippen MR) is 71.4 cm³/mol. The summed E-state index contributed by atoms with van der Waals surface area (Å²) in [6.45, 7) is 4.81. The van der Waals surface area contributed by atoms with Gasteiger partial charge in [0.05, 0.1) is 31.0 Å². The summed E-state index contributed by atoms with van der Waals surface area (Å²) in [7, 11) is 1.62. The zero-order valence-corrected chi connectivity index (χ0v) is 11.4. The minimum atomic E-state index is 0.626. The Morgan fingerprint density at radius 3 is 2.89 bits per heavy atom. The highest BCUT2D eigenvalue weighted by atomic mass is 35.5. The zero-order valence-electron chi connectivity index (χ0n) is 10.7. The molecule has 0 atom stereocenters. The molecule has 100 valence electrons. The lowest BCUT2D eigenvalue weighted by Gasteiger charge is -2.26. The molecule has 1 aromatic rings. The van der Waals surface area contributed by atoms with Crippen LogP contribution in [0.5, 0.6) is 5.88 Å². The Morgan fingerprint density at radius 2 is 2.17 bits per heavy atom. The van der Waals surface area contributed by atoms with E-state index >= 15 is 0 Å². The predicted octanol–water partition coefficient (Wildman–Crippen LogP) is 2.01. The third-order valence-electron chi connectivity index (χ3n) is 3.09. The highest BCUT2D eigenvalue weighted by Gasteiger charge is 2.10. The van der Waals surface area contributed by atoms with Crippen molar-refractivity contribution in [2.24, 2.45) is 0 Å². The first-order valence-corrected chi connectivity index (χ1v) is 6.67. The molecule has 0 N–H and O–H groups in total. The summed E-state index contributed by atoms with van der Waals surface area (Å²) in [4.78, 5) is 6.79. The molecule has 0 aliphatic carbocycles. The van der Waals surface area contributed by atoms with Gasteiger partial charge in [-0.3, -0.25) is 4.90 Å². The van der Waals surface area contributed by atoms with Crippen LogP contribution >= 0.6 is 11.6 Å². The first kappa shape index (κ1) is 13.6. The van der Waals surface area contributed by atoms with E-state index in [-0.39, 0.29) is 0 Å². The van der Waals surface area contributed by atoms with Crippen molar-refractivity contribution in [1.82, 2.24) is 9.88 Å². The Labute approximate surface area is 113 Å². The fraction of sp³-hybridized carbons (Fsp3) is 0.615. The maximum Gasteiger partial charge on any atom is 0.213 e. The van der Waals surface area contributed by atoms with E-state index in [1.165, 1.54) is 0 Å². The molecule has 0 radical (unpaired) electrons. The number of methoxy groups -OCH3 is 1. The molecule has 1 aliphatic rings. The number of morpholine rings is 1. The zero-order chi connectivity index (χ0) is 12.8. The minimum absolute atomic E-state index is 0.626. The topological polar surface area (TPSA) is 34.6 Å². The molecule has 0 saturated carbocycles. The average Bonchev–Trinajstić information content (AvgIpc) is 2.42. The highest BCUT2D eigenvalue weighted by Crippen LogP contribution is 2.19. The van der Waals surface area contributed by atoms with E-state index in [1.807, 2.05) is 6.07 Å². The second-order valence-corrected chi connectivity index (χ2v) is 4.75. The maximum absolute atomic E-state index is 6.12. The molecule has 1 fully saturated rings. The molecule has 0 unspecified atom stereocenters. The molecule has 4 nitrogen and oxygen atoms in total. The van der Waals surface area contributed by atoms with Gasteiger partial charge in [-0.2, -0.15) is 0 Å². The monoisotopic (exact) mass is 270 g/mol. The van der Waals surface area contributed by atoms with Gasteiger partial charge in [0.2, 0.25) is 5.88 Å². The maximum atomic E-state index is 6.12. The first-order valence-electron chi connectivity index (χ1n) is 6.29. The number of hydrogen-bond acceptors (Lipinski definition) is 4. The summed E-state index contributed by atoms with van der Waals surface area (Å²) in [5, 5.41) is 0.720. The van der Waals surface area contributed by atoms with E-state index in [2.05, 4.69) is 9.88 Å². The largest absolute Gasteiger partial charge is 0.481 e. The van der Waals surface area contributed by atoms with E-state index < -0.39 is 0 Å². The molecule has 0 spiro atoms. The molecule has 2 heterocycles. The Balaban J connectivity index is 1.81. The van der Waals surface area contributed by atoms with Gasteiger partial charge in [0, 0.05) is 19.2 Å². The lowest BCUT2D eigenvalue weighted by Crippen LogP contribution is -2.36. The van der Waals surface area contributed by atoms with Crippen molar-refractivity contribution in [1.29, 1.82) is 0 Å². The van der Waals surface area contributed by atoms with E-state index in [1.54, 1.807) is 13.2 Å². The normalized spacial score (nSPS) is 16.8. The van der Waals surface area contributed by atoms with Crippen LogP contribution < -0.4 is 4.74 Å². The van der Waals surface area contributed by atoms with Crippen molar-refractivity contribution < 1.29 is 9.47 Å². The van der Waals surface area contributed by atoms with Crippen LogP contribution in [0.1, 0.15) is 12.1 Å². The Morgan fingerprint density at radius 1 is 1.39 bits per heavy atom. The van der Waals surface area contributed by atoms with Gasteiger partial charge in [-0.1, -0.05) is 11.6 Å². The van der Waals surface area contributed by atoms with Crippen molar-refractivity contribution in [3.05, 3.63) is 22.8 Å². The summed E-state index contributed by atoms with van der Waals surface area (Å²) in [6.07, 6.45) is 1.94. The average molecular weight is 271 g/mol. The third-order valence-corrected chi connectivity index (χ3v) is 3.44. The van der Waals surface area contributed by atoms with Crippen LogP contribution in [0, 0.1) is 0 Å². The molecule has 2 rings (SSSR count). The number of halogens is 1. The van der Waals surface area contributed by atoms with E-state index in [4.69, 9.17) is 21.1 Å². The Hall–Kier alpha value is -0.840. The number of rotatable bonds is 5. The Kier molecular flexibility index (Phi) is 5.23. The van der Waals surface area contributed by atoms with Crippen LogP contribution in [0.25, 0.3) is 0 Å². The molecule has 1 aromatic heterocycles. The van der Waals surface area contributed by atoms with Crippen LogP contribution in [-0.4, -0.2) is 49.8 Å². The van der Waals surface area contributed by atoms with Crippen LogP contribution in [0.4, 0.5) is 0 Å². The SMILES string of the molecule is COc1ccc(Cl)c(CCCN2CCOCC2)n1. The molecule has 1 aliphatic heterocycles. The van der Waals surface area contributed by atoms with Gasteiger partial charge in [-0.15, -0.1) is 0 Å². The summed E-state index contributed by atoms with van der Waals surface area (Å²) < 4.78 is 10.4. The molecule has 18 heavy (non-hydrogen) atoms. The number of pyridine rings is 1. The first-order chi connectivity index (χ1) is 8.79. The molecule has 0 amide bonds. The van der Waals surface area contributed by atoms with Gasteiger partial charge >= 0.3 is 0 Å². The molecular weight excluding hydrogens is 252 g/mol. The molecule has 5 heteroatoms. The van der Waals surface area contributed by atoms with Crippen LogP contribution in [0.2, 0.25) is 5.02 Å². The number of aryl methyl sites for hydroxylation is 1. The van der Waals surface area contributed by atoms with Gasteiger partial charge in [0.15, 0.2) is 0 Å². The van der Waals surface area contributed by atoms with Crippen LogP contribution in [0.3, 0.4) is 0 Å². The van der Waals surface area contributed by atoms with Crippen LogP contribution in [0.15, 0.2) is 12.1 Å². The quantitative estimate of drug-likeness (QED) is 0.820. The summed E-state index contributed by atoms with van der Waals surface area (Å²) in [6, 6.07) is 3.63. The summed E-state index contributed by atoms with van der Waals surface area (Å²) >= 11 is 6.12. The third kappa shape index (κ3) is 3.83. The number of ether oxygens (including phenoxy) is 2. The summed E-state index contributed by atoms with van der Waals surface area (Å²) in [5.74, 6) is 0.626. The summed E-state index contributed by atoms with van der Waals surface area (Å²) in [5.41, 5.74) is 0.921. The van der Waals surface area contributed by atoms with Gasteiger partial charge in [0.1, 0.15) is 0 Å². The molecule has 1 saturated heterocycles. The lowest BCUT2D eigenvalue weighted by atomic mass is 10.2. The van der Waals surface area contributed by atoms with Gasteiger partial charge in [-0.05, 0) is 25.5 Å². The van der Waals surface area contributed by atoms with Gasteiger partial charge < -0.3 is 9.47 Å². The van der Waals surface area contributed by atoms with Crippen molar-refractivity contribution in [2.45, 2.75) is 12.8 Å². The van der Waals surface area contributed by atoms with Crippen molar-refractivity contribution in [2.75, 3.05) is 40.0 Å². The lowest BCUT2D eigenvalue weighted by molar-refractivity contribution is 0.0374. The second-order valence-electron chi connectivity index (χ2n) is 4.34. The Bertz CT molecular complexity index is 381. The minimum Gasteiger partial charge on any atom is -0.481 e. The highest BCUT2D eigenvalue weighted by molar-refractivity contribution is 6.31. The van der Waals surface area contributed by atoms with E-state index in [0.29, 0.717) is 5.88 Å². The van der Waals surface area contributed by atoms with Crippen molar-refractivity contribution in [3.8, 4) is 5.88 Å². The molecular formula is C13H19ClN2O2. The van der Waals surface area contributed by atoms with Gasteiger partial charge in [-0.25, -0.2) is 4.98 Å². The fourth-order valence-corrected chi connectivity index (χ4v) is 2.25. The van der Waals surface area contributed by atoms with E-state index in [0.717, 1.165) is 56.4 Å². The van der Waals surface area contributed by atoms with Crippen molar-refractivity contribution >= 4 is 11.6 Å². The smallest absolute Gasteiger partial charge is 0.213 e.